The van der Waals surface area contributed by atoms with E-state index in [1.54, 1.807) is 14.2 Å². The summed E-state index contributed by atoms with van der Waals surface area (Å²) in [7, 11) is 3.27. The Morgan fingerprint density at radius 1 is 1.26 bits per heavy atom. The molecule has 1 amide bonds. The fraction of sp³-hybridized carbons (Fsp3) is 0.421. The molecule has 8 nitrogen and oxygen atoms in total. The minimum atomic E-state index is -0.149. The highest BCUT2D eigenvalue weighted by Gasteiger charge is 2.09. The van der Waals surface area contributed by atoms with Crippen LogP contribution >= 0.6 is 0 Å². The van der Waals surface area contributed by atoms with Gasteiger partial charge >= 0.3 is 0 Å². The minimum absolute atomic E-state index is 0.149. The smallest absolute Gasteiger partial charge is 0.221 e. The number of nitrogens with one attached hydrogen (secondary N) is 3. The summed E-state index contributed by atoms with van der Waals surface area (Å²) in [5.74, 6) is 2.17. The zero-order chi connectivity index (χ0) is 19.8. The van der Waals surface area contributed by atoms with Crippen molar-refractivity contribution in [1.82, 2.24) is 15.8 Å². The van der Waals surface area contributed by atoms with Crippen molar-refractivity contribution in [2.75, 3.05) is 19.5 Å². The monoisotopic (exact) mass is 373 g/mol. The molecule has 0 aliphatic heterocycles. The molecular weight excluding hydrogens is 346 g/mol. The highest BCUT2D eigenvalue weighted by atomic mass is 16.5. The number of anilines is 1. The quantitative estimate of drug-likeness (QED) is 0.509. The van der Waals surface area contributed by atoms with Crippen LogP contribution in [-0.2, 0) is 17.9 Å². The van der Waals surface area contributed by atoms with Crippen LogP contribution in [-0.4, -0.2) is 31.2 Å². The van der Waals surface area contributed by atoms with Crippen molar-refractivity contribution in [3.05, 3.63) is 41.3 Å². The molecule has 0 bridgehead atoms. The SMILES string of the molecule is CN=C(NCc1ccc(OC)c(NC(C)=O)c1)NCc1cc(C(C)C)no1. The first kappa shape index (κ1) is 20.3. The molecule has 0 unspecified atom stereocenters. The summed E-state index contributed by atoms with van der Waals surface area (Å²) in [6, 6.07) is 7.55. The summed E-state index contributed by atoms with van der Waals surface area (Å²) < 4.78 is 10.6. The largest absolute Gasteiger partial charge is 0.495 e. The predicted octanol–water partition coefficient (Wildman–Crippen LogP) is 2.63. The van der Waals surface area contributed by atoms with Crippen molar-refractivity contribution < 1.29 is 14.1 Å². The van der Waals surface area contributed by atoms with E-state index in [1.807, 2.05) is 24.3 Å². The first-order valence-electron chi connectivity index (χ1n) is 8.77. The van der Waals surface area contributed by atoms with E-state index in [0.717, 1.165) is 17.0 Å². The summed E-state index contributed by atoms with van der Waals surface area (Å²) in [4.78, 5) is 15.5. The summed E-state index contributed by atoms with van der Waals surface area (Å²) in [6.07, 6.45) is 0. The van der Waals surface area contributed by atoms with Crippen molar-refractivity contribution in [2.24, 2.45) is 4.99 Å². The first-order chi connectivity index (χ1) is 12.9. The van der Waals surface area contributed by atoms with Crippen LogP contribution in [0.2, 0.25) is 0 Å². The fourth-order valence-corrected chi connectivity index (χ4v) is 2.41. The van der Waals surface area contributed by atoms with Crippen LogP contribution < -0.4 is 20.7 Å². The molecule has 1 heterocycles. The first-order valence-corrected chi connectivity index (χ1v) is 8.77. The third-order valence-electron chi connectivity index (χ3n) is 3.86. The fourth-order valence-electron chi connectivity index (χ4n) is 2.41. The topological polar surface area (TPSA) is 101 Å². The van der Waals surface area contributed by atoms with Gasteiger partial charge in [-0.2, -0.15) is 0 Å². The lowest BCUT2D eigenvalue weighted by atomic mass is 10.1. The molecule has 146 valence electrons. The summed E-state index contributed by atoms with van der Waals surface area (Å²) in [5, 5.41) is 13.2. The molecule has 0 atom stereocenters. The molecule has 0 aliphatic rings. The minimum Gasteiger partial charge on any atom is -0.495 e. The van der Waals surface area contributed by atoms with Gasteiger partial charge in [0.25, 0.3) is 0 Å². The number of nitrogens with zero attached hydrogens (tertiary/aromatic N) is 2. The highest BCUT2D eigenvalue weighted by molar-refractivity contribution is 5.90. The van der Waals surface area contributed by atoms with E-state index in [4.69, 9.17) is 9.26 Å². The predicted molar refractivity (Wildman–Crippen MR) is 105 cm³/mol. The van der Waals surface area contributed by atoms with Gasteiger partial charge in [0.2, 0.25) is 5.91 Å². The maximum absolute atomic E-state index is 11.3. The number of benzene rings is 1. The van der Waals surface area contributed by atoms with Crippen LogP contribution in [0.1, 0.15) is 43.7 Å². The molecule has 0 saturated heterocycles. The lowest BCUT2D eigenvalue weighted by molar-refractivity contribution is -0.114. The summed E-state index contributed by atoms with van der Waals surface area (Å²) >= 11 is 0. The average molecular weight is 373 g/mol. The van der Waals surface area contributed by atoms with Crippen LogP contribution in [0.15, 0.2) is 33.8 Å². The Morgan fingerprint density at radius 2 is 2.00 bits per heavy atom. The lowest BCUT2D eigenvalue weighted by Crippen LogP contribution is -2.36. The maximum atomic E-state index is 11.3. The molecule has 0 fully saturated rings. The number of aliphatic imine (C=N–C) groups is 1. The molecule has 1 aromatic heterocycles. The molecule has 2 aromatic rings. The van der Waals surface area contributed by atoms with E-state index < -0.39 is 0 Å². The maximum Gasteiger partial charge on any atom is 0.221 e. The van der Waals surface area contributed by atoms with Crippen LogP contribution in [0.5, 0.6) is 5.75 Å². The molecule has 3 N–H and O–H groups in total. The second-order valence-electron chi connectivity index (χ2n) is 6.37. The summed E-state index contributed by atoms with van der Waals surface area (Å²) in [6.45, 7) is 6.62. The van der Waals surface area contributed by atoms with E-state index in [9.17, 15) is 4.79 Å². The average Bonchev–Trinajstić information content (AvgIpc) is 3.11. The van der Waals surface area contributed by atoms with Gasteiger partial charge in [0.1, 0.15) is 5.75 Å². The highest BCUT2D eigenvalue weighted by Crippen LogP contribution is 2.25. The number of ether oxygens (including phenoxy) is 1. The van der Waals surface area contributed by atoms with Crippen LogP contribution in [0.4, 0.5) is 5.69 Å². The van der Waals surface area contributed by atoms with Crippen molar-refractivity contribution in [3.63, 3.8) is 0 Å². The van der Waals surface area contributed by atoms with E-state index in [2.05, 4.69) is 39.9 Å². The molecule has 0 saturated carbocycles. The molecule has 0 radical (unpaired) electrons. The standard InChI is InChI=1S/C19H27N5O3/c1-12(2)16-9-15(27-24-16)11-22-19(20-4)21-10-14-6-7-18(26-5)17(8-14)23-13(3)25/h6-9,12H,10-11H2,1-5H3,(H,23,25)(H2,20,21,22). The van der Waals surface area contributed by atoms with E-state index >= 15 is 0 Å². The summed E-state index contributed by atoms with van der Waals surface area (Å²) in [5.41, 5.74) is 2.54. The second kappa shape index (κ2) is 9.61. The molecule has 0 aliphatic carbocycles. The van der Waals surface area contributed by atoms with Gasteiger partial charge in [-0.15, -0.1) is 0 Å². The van der Waals surface area contributed by atoms with Gasteiger partial charge in [-0.05, 0) is 23.6 Å². The van der Waals surface area contributed by atoms with Crippen molar-refractivity contribution in [1.29, 1.82) is 0 Å². The number of carbonyl (C=O) groups is 1. The van der Waals surface area contributed by atoms with Crippen LogP contribution in [0, 0.1) is 0 Å². The van der Waals surface area contributed by atoms with Gasteiger partial charge in [-0.1, -0.05) is 25.1 Å². The number of aromatic nitrogens is 1. The number of hydrogen-bond acceptors (Lipinski definition) is 5. The number of carbonyl (C=O) groups excluding carboxylic acids is 1. The molecular formula is C19H27N5O3. The molecule has 0 spiro atoms. The van der Waals surface area contributed by atoms with Crippen LogP contribution in [0.3, 0.4) is 0 Å². The number of guanidine groups is 1. The number of methoxy groups -OCH3 is 1. The van der Waals surface area contributed by atoms with Crippen molar-refractivity contribution >= 4 is 17.6 Å². The Morgan fingerprint density at radius 3 is 2.59 bits per heavy atom. The molecule has 2 rings (SSSR count). The van der Waals surface area contributed by atoms with Gasteiger partial charge in [0, 0.05) is 26.6 Å². The van der Waals surface area contributed by atoms with E-state index in [0.29, 0.717) is 36.4 Å². The Balaban J connectivity index is 1.94. The zero-order valence-electron chi connectivity index (χ0n) is 16.4. The Kier molecular flexibility index (Phi) is 7.22. The molecule has 1 aromatic carbocycles. The van der Waals surface area contributed by atoms with Gasteiger partial charge < -0.3 is 25.2 Å². The van der Waals surface area contributed by atoms with Gasteiger partial charge in [-0.25, -0.2) is 0 Å². The molecule has 27 heavy (non-hydrogen) atoms. The van der Waals surface area contributed by atoms with E-state index in [-0.39, 0.29) is 5.91 Å². The Bertz CT molecular complexity index is 798. The van der Waals surface area contributed by atoms with Crippen LogP contribution in [0.25, 0.3) is 0 Å². The van der Waals surface area contributed by atoms with Gasteiger partial charge in [-0.3, -0.25) is 9.79 Å². The third-order valence-corrected chi connectivity index (χ3v) is 3.86. The van der Waals surface area contributed by atoms with Crippen molar-refractivity contribution in [2.45, 2.75) is 39.8 Å². The van der Waals surface area contributed by atoms with Gasteiger partial charge in [0.15, 0.2) is 11.7 Å². The second-order valence-corrected chi connectivity index (χ2v) is 6.37. The number of hydrogen-bond donors (Lipinski definition) is 3. The van der Waals surface area contributed by atoms with E-state index in [1.165, 1.54) is 6.92 Å². The third kappa shape index (κ3) is 6.02. The zero-order valence-corrected chi connectivity index (χ0v) is 16.4. The number of rotatable bonds is 7. The lowest BCUT2D eigenvalue weighted by Gasteiger charge is -2.13. The van der Waals surface area contributed by atoms with Crippen molar-refractivity contribution in [3.8, 4) is 5.75 Å². The number of amides is 1. The normalized spacial score (nSPS) is 11.4. The van der Waals surface area contributed by atoms with Gasteiger partial charge in [0.05, 0.1) is 25.0 Å². The molecule has 8 heteroatoms. The Hall–Kier alpha value is -3.03. The Labute approximate surface area is 159 Å².